The zero-order valence-electron chi connectivity index (χ0n) is 14.5. The Morgan fingerprint density at radius 1 is 1.15 bits per heavy atom. The van der Waals surface area contributed by atoms with Crippen LogP contribution in [0.5, 0.6) is 0 Å². The van der Waals surface area contributed by atoms with Crippen molar-refractivity contribution >= 4 is 0 Å². The van der Waals surface area contributed by atoms with Gasteiger partial charge < -0.3 is 15.8 Å². The summed E-state index contributed by atoms with van der Waals surface area (Å²) in [7, 11) is 0. The molecular weight excluding hydrogens is 362 g/mol. The average molecular weight is 384 g/mol. The molecule has 3 nitrogen and oxygen atoms in total. The Morgan fingerprint density at radius 2 is 1.69 bits per heavy atom. The Balaban J connectivity index is 2.18. The van der Waals surface area contributed by atoms with E-state index in [9.17, 15) is 26.3 Å². The summed E-state index contributed by atoms with van der Waals surface area (Å²) in [6.45, 7) is 4.06. The quantitative estimate of drug-likeness (QED) is 0.763. The Bertz CT molecular complexity index is 588. The summed E-state index contributed by atoms with van der Waals surface area (Å²) >= 11 is 0. The number of ether oxygens (including phenoxy) is 1. The van der Waals surface area contributed by atoms with Gasteiger partial charge >= 0.3 is 12.4 Å². The highest BCUT2D eigenvalue weighted by molar-refractivity contribution is 5.34. The van der Waals surface area contributed by atoms with E-state index < -0.39 is 35.1 Å². The number of halogens is 6. The first kappa shape index (κ1) is 21.0. The fraction of sp³-hybridized carbons (Fsp3) is 0.647. The third-order valence-electron chi connectivity index (χ3n) is 4.59. The van der Waals surface area contributed by atoms with Gasteiger partial charge in [-0.05, 0) is 50.5 Å². The molecule has 1 heterocycles. The molecule has 1 fully saturated rings. The van der Waals surface area contributed by atoms with Gasteiger partial charge in [0, 0.05) is 18.1 Å². The summed E-state index contributed by atoms with van der Waals surface area (Å²) in [4.78, 5) is 0. The van der Waals surface area contributed by atoms with Crippen LogP contribution in [0.15, 0.2) is 18.2 Å². The fourth-order valence-corrected chi connectivity index (χ4v) is 2.81. The topological polar surface area (TPSA) is 47.3 Å². The first-order valence-electron chi connectivity index (χ1n) is 8.22. The van der Waals surface area contributed by atoms with Crippen LogP contribution in [0.3, 0.4) is 0 Å². The lowest BCUT2D eigenvalue weighted by molar-refractivity contribution is -0.143. The number of nitrogens with two attached hydrogens (primary N) is 1. The molecule has 1 aromatic rings. The number of alkyl halides is 6. The van der Waals surface area contributed by atoms with Crippen molar-refractivity contribution < 1.29 is 31.1 Å². The molecule has 3 N–H and O–H groups in total. The van der Waals surface area contributed by atoms with Crippen LogP contribution in [0.4, 0.5) is 26.3 Å². The predicted molar refractivity (Wildman–Crippen MR) is 84.4 cm³/mol. The van der Waals surface area contributed by atoms with E-state index in [0.29, 0.717) is 25.1 Å². The van der Waals surface area contributed by atoms with Crippen molar-refractivity contribution in [1.29, 1.82) is 0 Å². The molecule has 1 aliphatic heterocycles. The van der Waals surface area contributed by atoms with Crippen LogP contribution in [-0.4, -0.2) is 24.7 Å². The minimum absolute atomic E-state index is 0.0262. The molecule has 1 aliphatic rings. The number of nitrogens with one attached hydrogen (secondary N) is 1. The first-order valence-corrected chi connectivity index (χ1v) is 8.22. The molecule has 0 bridgehead atoms. The Kier molecular flexibility index (Phi) is 5.94. The van der Waals surface area contributed by atoms with E-state index in [4.69, 9.17) is 10.5 Å². The average Bonchev–Trinajstić information content (AvgIpc) is 2.54. The molecule has 0 amide bonds. The molecule has 1 aromatic carbocycles. The van der Waals surface area contributed by atoms with Gasteiger partial charge in [-0.15, -0.1) is 0 Å². The first-order chi connectivity index (χ1) is 11.8. The molecule has 0 spiro atoms. The van der Waals surface area contributed by atoms with Gasteiger partial charge in [0.1, 0.15) is 0 Å². The normalized spacial score (nSPS) is 26.0. The van der Waals surface area contributed by atoms with E-state index in [-0.39, 0.29) is 24.3 Å². The van der Waals surface area contributed by atoms with E-state index in [1.165, 1.54) is 6.92 Å². The third-order valence-corrected chi connectivity index (χ3v) is 4.59. The standard InChI is InChI=1S/C17H22F6N2O/c1-10(26-9-15(2)4-3-14(24)8-25-15)11-5-12(16(18,19)20)7-13(6-11)17(21,22)23/h5-7,10,14,25H,3-4,8-9,24H2,1-2H3/t10?,14-,15+/m0/s1. The summed E-state index contributed by atoms with van der Waals surface area (Å²) in [5.74, 6) is 0. The highest BCUT2D eigenvalue weighted by Crippen LogP contribution is 2.38. The molecule has 0 radical (unpaired) electrons. The maximum atomic E-state index is 12.9. The number of piperidine rings is 1. The van der Waals surface area contributed by atoms with Crippen LogP contribution in [-0.2, 0) is 17.1 Å². The van der Waals surface area contributed by atoms with Crippen molar-refractivity contribution in [2.24, 2.45) is 5.73 Å². The second-order valence-electron chi connectivity index (χ2n) is 7.03. The van der Waals surface area contributed by atoms with Crippen LogP contribution in [0.1, 0.15) is 49.5 Å². The van der Waals surface area contributed by atoms with E-state index >= 15 is 0 Å². The van der Waals surface area contributed by atoms with Crippen LogP contribution in [0.2, 0.25) is 0 Å². The monoisotopic (exact) mass is 384 g/mol. The van der Waals surface area contributed by atoms with Crippen molar-refractivity contribution in [1.82, 2.24) is 5.32 Å². The molecule has 9 heteroatoms. The lowest BCUT2D eigenvalue weighted by Gasteiger charge is -2.38. The minimum atomic E-state index is -4.87. The van der Waals surface area contributed by atoms with Gasteiger partial charge in [-0.2, -0.15) is 26.3 Å². The van der Waals surface area contributed by atoms with Gasteiger partial charge in [-0.3, -0.25) is 0 Å². The smallest absolute Gasteiger partial charge is 0.372 e. The summed E-state index contributed by atoms with van der Waals surface area (Å²) < 4.78 is 83.3. The SMILES string of the molecule is CC(OC[C@@]1(C)CC[C@H](N)CN1)c1cc(C(F)(F)F)cc(C(F)(F)F)c1. The molecule has 26 heavy (non-hydrogen) atoms. The van der Waals surface area contributed by atoms with Gasteiger partial charge in [-0.25, -0.2) is 0 Å². The van der Waals surface area contributed by atoms with E-state index in [1.54, 1.807) is 0 Å². The van der Waals surface area contributed by atoms with Gasteiger partial charge in [-0.1, -0.05) is 0 Å². The molecule has 0 aromatic heterocycles. The van der Waals surface area contributed by atoms with Crippen LogP contribution < -0.4 is 11.1 Å². The highest BCUT2D eigenvalue weighted by Gasteiger charge is 2.37. The van der Waals surface area contributed by atoms with Gasteiger partial charge in [0.15, 0.2) is 0 Å². The number of hydrogen-bond donors (Lipinski definition) is 2. The number of hydrogen-bond acceptors (Lipinski definition) is 3. The van der Waals surface area contributed by atoms with Crippen LogP contribution >= 0.6 is 0 Å². The van der Waals surface area contributed by atoms with Crippen LogP contribution in [0, 0.1) is 0 Å². The lowest BCUT2D eigenvalue weighted by Crippen LogP contribution is -2.55. The lowest BCUT2D eigenvalue weighted by atomic mass is 9.90. The van der Waals surface area contributed by atoms with Crippen molar-refractivity contribution in [3.63, 3.8) is 0 Å². The molecule has 148 valence electrons. The highest BCUT2D eigenvalue weighted by atomic mass is 19.4. The Hall–Kier alpha value is -1.32. The molecule has 3 atom stereocenters. The van der Waals surface area contributed by atoms with E-state index in [0.717, 1.165) is 6.42 Å². The molecule has 1 saturated heterocycles. The minimum Gasteiger partial charge on any atom is -0.372 e. The Morgan fingerprint density at radius 3 is 2.12 bits per heavy atom. The van der Waals surface area contributed by atoms with Crippen molar-refractivity contribution in [3.8, 4) is 0 Å². The maximum absolute atomic E-state index is 12.9. The van der Waals surface area contributed by atoms with Crippen molar-refractivity contribution in [3.05, 3.63) is 34.9 Å². The molecular formula is C17H22F6N2O. The van der Waals surface area contributed by atoms with Gasteiger partial charge in [0.25, 0.3) is 0 Å². The zero-order valence-corrected chi connectivity index (χ0v) is 14.5. The molecule has 0 aliphatic carbocycles. The molecule has 1 unspecified atom stereocenters. The van der Waals surface area contributed by atoms with E-state index in [1.807, 2.05) is 6.92 Å². The van der Waals surface area contributed by atoms with Gasteiger partial charge in [0.05, 0.1) is 23.8 Å². The van der Waals surface area contributed by atoms with E-state index in [2.05, 4.69) is 5.32 Å². The summed E-state index contributed by atoms with van der Waals surface area (Å²) in [6, 6.07) is 1.54. The van der Waals surface area contributed by atoms with Crippen molar-refractivity contribution in [2.75, 3.05) is 13.2 Å². The summed E-state index contributed by atoms with van der Waals surface area (Å²) in [5, 5.41) is 3.21. The fourth-order valence-electron chi connectivity index (χ4n) is 2.81. The van der Waals surface area contributed by atoms with Crippen LogP contribution in [0.25, 0.3) is 0 Å². The second-order valence-corrected chi connectivity index (χ2v) is 7.03. The summed E-state index contributed by atoms with van der Waals surface area (Å²) in [5.41, 5.74) is 2.54. The third kappa shape index (κ3) is 5.34. The molecule has 0 saturated carbocycles. The van der Waals surface area contributed by atoms with Gasteiger partial charge in [0.2, 0.25) is 0 Å². The largest absolute Gasteiger partial charge is 0.416 e. The van der Waals surface area contributed by atoms with Crippen molar-refractivity contribution in [2.45, 2.75) is 56.7 Å². The predicted octanol–water partition coefficient (Wildman–Crippen LogP) is 4.27. The number of rotatable bonds is 4. The second kappa shape index (κ2) is 7.36. The molecule has 2 rings (SSSR count). The number of benzene rings is 1. The summed E-state index contributed by atoms with van der Waals surface area (Å²) in [6.07, 6.45) is -9.20. The Labute approximate surface area is 147 Å². The zero-order chi connectivity index (χ0) is 19.8. The maximum Gasteiger partial charge on any atom is 0.416 e.